The molecule has 9 heteroatoms. The number of nitrogens with zero attached hydrogens (tertiary/aromatic N) is 4. The molecule has 2 aromatic heterocycles. The van der Waals surface area contributed by atoms with Crippen LogP contribution < -0.4 is 10.5 Å². The molecule has 1 aliphatic rings. The third kappa shape index (κ3) is 3.07. The molecule has 1 aromatic carbocycles. The molecular formula is C17H19N5O4. The lowest BCUT2D eigenvalue weighted by Crippen LogP contribution is -2.24. The molecule has 9 nitrogen and oxygen atoms in total. The maximum atomic E-state index is 9.95. The average molecular weight is 357 g/mol. The Labute approximate surface area is 149 Å². The first-order valence-corrected chi connectivity index (χ1v) is 8.27. The van der Waals surface area contributed by atoms with Crippen molar-refractivity contribution in [1.29, 1.82) is 0 Å². The van der Waals surface area contributed by atoms with E-state index >= 15 is 0 Å². The van der Waals surface area contributed by atoms with Crippen molar-refractivity contribution in [3.8, 4) is 6.01 Å². The molecule has 0 unspecified atom stereocenters. The molecule has 0 bridgehead atoms. The molecule has 1 aliphatic heterocycles. The number of rotatable bonds is 5. The van der Waals surface area contributed by atoms with Crippen LogP contribution in [0.3, 0.4) is 0 Å². The summed E-state index contributed by atoms with van der Waals surface area (Å²) in [7, 11) is 0. The highest BCUT2D eigenvalue weighted by atomic mass is 16.5. The van der Waals surface area contributed by atoms with Gasteiger partial charge in [-0.05, 0) is 5.56 Å². The summed E-state index contributed by atoms with van der Waals surface area (Å²) < 4.78 is 13.0. The fourth-order valence-electron chi connectivity index (χ4n) is 2.97. The van der Waals surface area contributed by atoms with E-state index in [0.717, 1.165) is 5.56 Å². The van der Waals surface area contributed by atoms with Gasteiger partial charge in [-0.15, -0.1) is 0 Å². The van der Waals surface area contributed by atoms with Gasteiger partial charge in [0, 0.05) is 6.42 Å². The zero-order chi connectivity index (χ0) is 18.1. The second kappa shape index (κ2) is 6.87. The first-order valence-electron chi connectivity index (χ1n) is 8.27. The number of aromatic nitrogens is 4. The molecule has 3 heterocycles. The van der Waals surface area contributed by atoms with Crippen LogP contribution in [0.5, 0.6) is 6.01 Å². The van der Waals surface area contributed by atoms with Gasteiger partial charge in [-0.25, -0.2) is 4.98 Å². The molecule has 26 heavy (non-hydrogen) atoms. The summed E-state index contributed by atoms with van der Waals surface area (Å²) in [6, 6.07) is 9.79. The Morgan fingerprint density at radius 3 is 2.81 bits per heavy atom. The van der Waals surface area contributed by atoms with E-state index in [1.54, 1.807) is 4.57 Å². The highest BCUT2D eigenvalue weighted by molar-refractivity contribution is 5.82. The van der Waals surface area contributed by atoms with Gasteiger partial charge in [0.1, 0.15) is 18.9 Å². The van der Waals surface area contributed by atoms with Gasteiger partial charge in [0.25, 0.3) is 0 Å². The molecule has 3 atom stereocenters. The zero-order valence-corrected chi connectivity index (χ0v) is 13.9. The van der Waals surface area contributed by atoms with Crippen LogP contribution in [0.1, 0.15) is 18.2 Å². The molecule has 4 N–H and O–H groups in total. The fourth-order valence-corrected chi connectivity index (χ4v) is 2.97. The maximum Gasteiger partial charge on any atom is 0.320 e. The number of nitrogen functional groups attached to an aromatic ring is 1. The third-order valence-electron chi connectivity index (χ3n) is 4.33. The minimum Gasteiger partial charge on any atom is -0.458 e. The number of benzene rings is 1. The fraction of sp³-hybridized carbons (Fsp3) is 0.353. The number of nitrogens with two attached hydrogens (primary N) is 1. The van der Waals surface area contributed by atoms with Crippen molar-refractivity contribution in [1.82, 2.24) is 19.5 Å². The average Bonchev–Trinajstić information content (AvgIpc) is 3.24. The number of fused-ring (bicyclic) bond motifs is 1. The van der Waals surface area contributed by atoms with E-state index in [-0.39, 0.29) is 18.4 Å². The van der Waals surface area contributed by atoms with Crippen molar-refractivity contribution in [3.05, 3.63) is 42.2 Å². The summed E-state index contributed by atoms with van der Waals surface area (Å²) in [5, 5.41) is 19.2. The second-order valence-electron chi connectivity index (χ2n) is 6.10. The van der Waals surface area contributed by atoms with Crippen LogP contribution in [0.4, 0.5) is 5.82 Å². The van der Waals surface area contributed by atoms with Gasteiger partial charge < -0.3 is 25.4 Å². The molecule has 1 saturated heterocycles. The van der Waals surface area contributed by atoms with Crippen molar-refractivity contribution in [2.45, 2.75) is 31.5 Å². The lowest BCUT2D eigenvalue weighted by molar-refractivity contribution is -0.0432. The predicted molar refractivity (Wildman–Crippen MR) is 92.1 cm³/mol. The van der Waals surface area contributed by atoms with Gasteiger partial charge in [-0.2, -0.15) is 9.97 Å². The van der Waals surface area contributed by atoms with Crippen LogP contribution in [0, 0.1) is 0 Å². The van der Waals surface area contributed by atoms with Crippen molar-refractivity contribution in [2.24, 2.45) is 0 Å². The van der Waals surface area contributed by atoms with Gasteiger partial charge in [0.2, 0.25) is 0 Å². The molecule has 4 rings (SSSR count). The Morgan fingerprint density at radius 1 is 1.27 bits per heavy atom. The van der Waals surface area contributed by atoms with E-state index in [0.29, 0.717) is 24.2 Å². The summed E-state index contributed by atoms with van der Waals surface area (Å²) >= 11 is 0. The molecule has 136 valence electrons. The highest BCUT2D eigenvalue weighted by Crippen LogP contribution is 2.32. The van der Waals surface area contributed by atoms with E-state index < -0.39 is 18.4 Å². The van der Waals surface area contributed by atoms with Gasteiger partial charge >= 0.3 is 6.01 Å². The van der Waals surface area contributed by atoms with Crippen molar-refractivity contribution >= 4 is 17.0 Å². The monoisotopic (exact) mass is 357 g/mol. The largest absolute Gasteiger partial charge is 0.458 e. The first-order chi connectivity index (χ1) is 12.7. The standard InChI is InChI=1S/C17H19N5O4/c18-15-14-16(21-17(20-15)25-8-10-4-2-1-3-5-10)22(9-19-14)13-6-11(24)12(7-23)26-13/h1-5,9,11-13,23-24H,6-8H2,(H2,18,20,21)/t11-,12-,13-/m1/s1. The Morgan fingerprint density at radius 2 is 2.08 bits per heavy atom. The lowest BCUT2D eigenvalue weighted by Gasteiger charge is -2.14. The van der Waals surface area contributed by atoms with Crippen LogP contribution >= 0.6 is 0 Å². The lowest BCUT2D eigenvalue weighted by atomic mass is 10.2. The van der Waals surface area contributed by atoms with Gasteiger partial charge in [0.15, 0.2) is 17.0 Å². The quantitative estimate of drug-likeness (QED) is 0.606. The van der Waals surface area contributed by atoms with E-state index in [9.17, 15) is 10.2 Å². The van der Waals surface area contributed by atoms with E-state index in [1.165, 1.54) is 6.33 Å². The molecule has 0 aliphatic carbocycles. The Hall–Kier alpha value is -2.75. The molecule has 0 amide bonds. The molecule has 0 radical (unpaired) electrons. The van der Waals surface area contributed by atoms with Crippen LogP contribution in [0.25, 0.3) is 11.2 Å². The normalized spacial score (nSPS) is 22.8. The first kappa shape index (κ1) is 16.7. The summed E-state index contributed by atoms with van der Waals surface area (Å²) in [4.78, 5) is 12.8. The minimum absolute atomic E-state index is 0.137. The van der Waals surface area contributed by atoms with E-state index in [4.69, 9.17) is 15.2 Å². The summed E-state index contributed by atoms with van der Waals surface area (Å²) in [6.45, 7) is 0.0536. The van der Waals surface area contributed by atoms with E-state index in [1.807, 2.05) is 30.3 Å². The van der Waals surface area contributed by atoms with Gasteiger partial charge in [0.05, 0.1) is 19.0 Å². The van der Waals surface area contributed by atoms with Crippen molar-refractivity contribution in [3.63, 3.8) is 0 Å². The van der Waals surface area contributed by atoms with Crippen LogP contribution in [-0.4, -0.2) is 48.5 Å². The number of ether oxygens (including phenoxy) is 2. The molecule has 3 aromatic rings. The number of imidazole rings is 1. The molecular weight excluding hydrogens is 338 g/mol. The Bertz CT molecular complexity index is 901. The summed E-state index contributed by atoms with van der Waals surface area (Å²) in [5.74, 6) is 0.203. The van der Waals surface area contributed by atoms with Gasteiger partial charge in [-0.3, -0.25) is 4.57 Å². The number of aliphatic hydroxyl groups is 2. The summed E-state index contributed by atoms with van der Waals surface area (Å²) in [6.07, 6.45) is -0.0291. The number of anilines is 1. The Balaban J connectivity index is 1.61. The van der Waals surface area contributed by atoms with Crippen molar-refractivity contribution < 1.29 is 19.7 Å². The minimum atomic E-state index is -0.754. The van der Waals surface area contributed by atoms with E-state index in [2.05, 4.69) is 15.0 Å². The van der Waals surface area contributed by atoms with Crippen LogP contribution in [0.15, 0.2) is 36.7 Å². The van der Waals surface area contributed by atoms with Crippen molar-refractivity contribution in [2.75, 3.05) is 12.3 Å². The smallest absolute Gasteiger partial charge is 0.320 e. The predicted octanol–water partition coefficient (Wildman–Crippen LogP) is 0.628. The molecule has 1 fully saturated rings. The maximum absolute atomic E-state index is 9.95. The number of hydrogen-bond donors (Lipinski definition) is 3. The summed E-state index contributed by atoms with van der Waals surface area (Å²) in [5.41, 5.74) is 7.85. The Kier molecular flexibility index (Phi) is 4.41. The number of hydrogen-bond acceptors (Lipinski definition) is 8. The van der Waals surface area contributed by atoms with Crippen LogP contribution in [-0.2, 0) is 11.3 Å². The third-order valence-corrected chi connectivity index (χ3v) is 4.33. The zero-order valence-electron chi connectivity index (χ0n) is 13.9. The molecule has 0 saturated carbocycles. The number of aliphatic hydroxyl groups excluding tert-OH is 2. The SMILES string of the molecule is Nc1nc(OCc2ccccc2)nc2c1ncn2[C@H]1C[C@@H](O)[C@@H](CO)O1. The second-order valence-corrected chi connectivity index (χ2v) is 6.10. The van der Waals surface area contributed by atoms with Crippen LogP contribution in [0.2, 0.25) is 0 Å². The van der Waals surface area contributed by atoms with Gasteiger partial charge in [-0.1, -0.05) is 30.3 Å². The highest BCUT2D eigenvalue weighted by Gasteiger charge is 2.35. The topological polar surface area (TPSA) is 129 Å². The molecule has 0 spiro atoms.